The minimum Gasteiger partial charge on any atom is -0.368 e. The monoisotopic (exact) mass is 502 g/mol. The summed E-state index contributed by atoms with van der Waals surface area (Å²) in [6.45, 7) is 10.8. The number of aromatic nitrogens is 1. The van der Waals surface area contributed by atoms with Crippen molar-refractivity contribution in [2.24, 2.45) is 5.92 Å². The molecule has 3 aromatic rings. The van der Waals surface area contributed by atoms with Gasteiger partial charge in [0.15, 0.2) is 5.78 Å². The van der Waals surface area contributed by atoms with Crippen LogP contribution in [0.3, 0.4) is 0 Å². The summed E-state index contributed by atoms with van der Waals surface area (Å²) in [5.41, 5.74) is 6.09. The van der Waals surface area contributed by atoms with Crippen molar-refractivity contribution in [3.63, 3.8) is 0 Å². The molecule has 3 aliphatic rings. The van der Waals surface area contributed by atoms with Crippen LogP contribution in [0.4, 0.5) is 5.69 Å². The highest BCUT2D eigenvalue weighted by atomic mass is 35.5. The number of likely N-dealkylation sites (tertiary alicyclic amines) is 1. The molecular formula is C30H35ClN4O. The topological polar surface area (TPSA) is 39.7 Å². The standard InChI is InChI=1S/C30H35ClN4O/c1-21-4-5-24(19-27(21)31)23-8-9-28-25(18-23)29(26(20-32-28)30(36)22-6-7-22)35-16-14-34(15-17-35)13-12-33-10-2-3-11-33/h4-5,8-9,18-20,22H,2-3,6-7,10-17H2,1H3. The summed E-state index contributed by atoms with van der Waals surface area (Å²) in [6, 6.07) is 12.6. The molecule has 6 heteroatoms. The zero-order valence-electron chi connectivity index (χ0n) is 21.2. The normalized spacial score (nSPS) is 19.3. The van der Waals surface area contributed by atoms with Gasteiger partial charge in [0.25, 0.3) is 0 Å². The largest absolute Gasteiger partial charge is 0.368 e. The molecule has 3 fully saturated rings. The molecule has 5 nitrogen and oxygen atoms in total. The Kier molecular flexibility index (Phi) is 6.72. The van der Waals surface area contributed by atoms with Crippen LogP contribution in [0.5, 0.6) is 0 Å². The van der Waals surface area contributed by atoms with E-state index in [1.807, 2.05) is 19.2 Å². The van der Waals surface area contributed by atoms with Crippen LogP contribution >= 0.6 is 11.6 Å². The first-order valence-electron chi connectivity index (χ1n) is 13.5. The molecule has 1 aromatic heterocycles. The second-order valence-electron chi connectivity index (χ2n) is 10.7. The van der Waals surface area contributed by atoms with Crippen LogP contribution in [0.2, 0.25) is 5.02 Å². The van der Waals surface area contributed by atoms with Crippen LogP contribution in [0.25, 0.3) is 22.0 Å². The number of pyridine rings is 1. The van der Waals surface area contributed by atoms with E-state index in [-0.39, 0.29) is 11.7 Å². The summed E-state index contributed by atoms with van der Waals surface area (Å²) >= 11 is 6.45. The van der Waals surface area contributed by atoms with Gasteiger partial charge in [-0.2, -0.15) is 0 Å². The maximum absolute atomic E-state index is 13.4. The number of hydrogen-bond acceptors (Lipinski definition) is 5. The first kappa shape index (κ1) is 23.9. The molecule has 0 amide bonds. The van der Waals surface area contributed by atoms with E-state index < -0.39 is 0 Å². The molecule has 3 heterocycles. The molecule has 1 saturated carbocycles. The summed E-state index contributed by atoms with van der Waals surface area (Å²) in [7, 11) is 0. The van der Waals surface area contributed by atoms with Crippen molar-refractivity contribution < 1.29 is 4.79 Å². The van der Waals surface area contributed by atoms with Crippen molar-refractivity contribution in [2.75, 3.05) is 57.3 Å². The molecule has 0 spiro atoms. The smallest absolute Gasteiger partial charge is 0.169 e. The quantitative estimate of drug-likeness (QED) is 0.389. The molecule has 0 bridgehead atoms. The number of piperazine rings is 1. The van der Waals surface area contributed by atoms with Gasteiger partial charge in [-0.3, -0.25) is 14.7 Å². The molecule has 2 aliphatic heterocycles. The molecule has 2 aromatic carbocycles. The SMILES string of the molecule is Cc1ccc(-c2ccc3ncc(C(=O)C4CC4)c(N4CCN(CCN5CCCC5)CC4)c3c2)cc1Cl. The van der Waals surface area contributed by atoms with Crippen LogP contribution < -0.4 is 4.90 Å². The molecular weight excluding hydrogens is 468 g/mol. The lowest BCUT2D eigenvalue weighted by Gasteiger charge is -2.38. The zero-order chi connectivity index (χ0) is 24.6. The predicted octanol–water partition coefficient (Wildman–Crippen LogP) is 5.67. The summed E-state index contributed by atoms with van der Waals surface area (Å²) in [6.07, 6.45) is 6.53. The van der Waals surface area contributed by atoms with E-state index in [1.165, 1.54) is 32.5 Å². The van der Waals surface area contributed by atoms with Crippen molar-refractivity contribution in [3.8, 4) is 11.1 Å². The number of carbonyl (C=O) groups excluding carboxylic acids is 1. The van der Waals surface area contributed by atoms with Gasteiger partial charge >= 0.3 is 0 Å². The summed E-state index contributed by atoms with van der Waals surface area (Å²) in [5, 5.41) is 1.84. The van der Waals surface area contributed by atoms with E-state index in [9.17, 15) is 4.79 Å². The molecule has 1 aliphatic carbocycles. The van der Waals surface area contributed by atoms with Gasteiger partial charge in [-0.1, -0.05) is 29.8 Å². The molecule has 6 rings (SSSR count). The number of nitrogens with zero attached hydrogens (tertiary/aromatic N) is 4. The van der Waals surface area contributed by atoms with Crippen molar-refractivity contribution in [3.05, 3.63) is 58.7 Å². The number of aryl methyl sites for hydroxylation is 1. The van der Waals surface area contributed by atoms with E-state index in [0.717, 1.165) is 89.4 Å². The fourth-order valence-electron chi connectivity index (χ4n) is 5.70. The molecule has 0 unspecified atom stereocenters. The number of halogens is 1. The highest BCUT2D eigenvalue weighted by molar-refractivity contribution is 6.31. The average molecular weight is 503 g/mol. The Hall–Kier alpha value is -2.47. The summed E-state index contributed by atoms with van der Waals surface area (Å²) in [4.78, 5) is 25.7. The van der Waals surface area contributed by atoms with Crippen molar-refractivity contribution in [2.45, 2.75) is 32.6 Å². The van der Waals surface area contributed by atoms with Gasteiger partial charge in [-0.25, -0.2) is 0 Å². The summed E-state index contributed by atoms with van der Waals surface area (Å²) in [5.74, 6) is 0.434. The molecule has 188 valence electrons. The van der Waals surface area contributed by atoms with Crippen LogP contribution in [0, 0.1) is 12.8 Å². The van der Waals surface area contributed by atoms with E-state index in [2.05, 4.69) is 45.0 Å². The van der Waals surface area contributed by atoms with E-state index in [1.54, 1.807) is 0 Å². The predicted molar refractivity (Wildman–Crippen MR) is 148 cm³/mol. The maximum atomic E-state index is 13.4. The number of carbonyl (C=O) groups is 1. The first-order chi connectivity index (χ1) is 17.6. The highest BCUT2D eigenvalue weighted by Gasteiger charge is 2.34. The molecule has 36 heavy (non-hydrogen) atoms. The fourth-order valence-corrected chi connectivity index (χ4v) is 5.88. The lowest BCUT2D eigenvalue weighted by atomic mass is 9.97. The van der Waals surface area contributed by atoms with Crippen LogP contribution in [0.15, 0.2) is 42.6 Å². The van der Waals surface area contributed by atoms with Crippen molar-refractivity contribution in [1.29, 1.82) is 0 Å². The van der Waals surface area contributed by atoms with Gasteiger partial charge in [0.05, 0.1) is 16.8 Å². The van der Waals surface area contributed by atoms with Gasteiger partial charge in [0, 0.05) is 61.8 Å². The third-order valence-electron chi connectivity index (χ3n) is 8.18. The Bertz CT molecular complexity index is 1270. The van der Waals surface area contributed by atoms with Gasteiger partial charge in [0.2, 0.25) is 0 Å². The Morgan fingerprint density at radius 3 is 2.28 bits per heavy atom. The van der Waals surface area contributed by atoms with Crippen LogP contribution in [-0.4, -0.2) is 72.9 Å². The minimum atomic E-state index is 0.170. The number of fused-ring (bicyclic) bond motifs is 1. The van der Waals surface area contributed by atoms with Crippen LogP contribution in [-0.2, 0) is 0 Å². The van der Waals surface area contributed by atoms with Gasteiger partial charge in [-0.05, 0) is 80.6 Å². The van der Waals surface area contributed by atoms with Crippen molar-refractivity contribution in [1.82, 2.24) is 14.8 Å². The van der Waals surface area contributed by atoms with Gasteiger partial charge in [-0.15, -0.1) is 0 Å². The zero-order valence-corrected chi connectivity index (χ0v) is 21.9. The second-order valence-corrected chi connectivity index (χ2v) is 11.1. The van der Waals surface area contributed by atoms with E-state index in [0.29, 0.717) is 0 Å². The molecule has 2 saturated heterocycles. The highest BCUT2D eigenvalue weighted by Crippen LogP contribution is 2.39. The molecule has 0 radical (unpaired) electrons. The Balaban J connectivity index is 1.31. The Morgan fingerprint density at radius 1 is 0.917 bits per heavy atom. The third-order valence-corrected chi connectivity index (χ3v) is 8.59. The lowest BCUT2D eigenvalue weighted by Crippen LogP contribution is -2.48. The maximum Gasteiger partial charge on any atom is 0.169 e. The Morgan fingerprint density at radius 2 is 1.58 bits per heavy atom. The number of Topliss-reactive ketones (excluding diaryl/α,β-unsaturated/α-hetero) is 1. The van der Waals surface area contributed by atoms with E-state index >= 15 is 0 Å². The first-order valence-corrected chi connectivity index (χ1v) is 13.9. The number of hydrogen-bond donors (Lipinski definition) is 0. The van der Waals surface area contributed by atoms with Crippen molar-refractivity contribution >= 4 is 34.0 Å². The molecule has 0 N–H and O–H groups in total. The van der Waals surface area contributed by atoms with E-state index in [4.69, 9.17) is 16.6 Å². The van der Waals surface area contributed by atoms with Gasteiger partial charge in [0.1, 0.15) is 0 Å². The minimum absolute atomic E-state index is 0.170. The lowest BCUT2D eigenvalue weighted by molar-refractivity contribution is 0.0967. The number of ketones is 1. The number of rotatable bonds is 7. The average Bonchev–Trinajstić information content (AvgIpc) is 3.63. The number of benzene rings is 2. The third kappa shape index (κ3) is 4.89. The second kappa shape index (κ2) is 10.1. The Labute approximate surface area is 219 Å². The number of anilines is 1. The van der Waals surface area contributed by atoms with Crippen LogP contribution in [0.1, 0.15) is 41.6 Å². The summed E-state index contributed by atoms with van der Waals surface area (Å²) < 4.78 is 0. The van der Waals surface area contributed by atoms with Gasteiger partial charge < -0.3 is 9.80 Å². The fraction of sp³-hybridized carbons (Fsp3) is 0.467. The molecule has 0 atom stereocenters.